The molecule has 2 aliphatic rings. The van der Waals surface area contributed by atoms with Crippen LogP contribution in [0.15, 0.2) is 6.20 Å². The minimum absolute atomic E-state index is 0.0694. The van der Waals surface area contributed by atoms with Crippen LogP contribution in [0.4, 0.5) is 0 Å². The lowest BCUT2D eigenvalue weighted by atomic mass is 10.1. The number of β-amino-alcohol motifs (C(OH)–C–C–N with tert-alkyl or cyclic N) is 1. The summed E-state index contributed by atoms with van der Waals surface area (Å²) in [6.07, 6.45) is 1.16. The van der Waals surface area contributed by atoms with E-state index in [0.717, 1.165) is 13.1 Å². The van der Waals surface area contributed by atoms with Gasteiger partial charge in [-0.1, -0.05) is 0 Å². The SMILES string of the molecule is CC(=O)N1CCN([C@@H]2CN(C(=O)c3cn(C)nc3C)C[C@H]2O)CC1. The molecule has 3 rings (SSSR count). The molecule has 0 aromatic carbocycles. The Hall–Kier alpha value is -1.93. The highest BCUT2D eigenvalue weighted by Crippen LogP contribution is 2.21. The first kappa shape index (κ1) is 16.9. The van der Waals surface area contributed by atoms with Gasteiger partial charge in [-0.2, -0.15) is 5.10 Å². The average molecular weight is 335 g/mol. The van der Waals surface area contributed by atoms with Crippen molar-refractivity contribution in [1.82, 2.24) is 24.5 Å². The van der Waals surface area contributed by atoms with Gasteiger partial charge < -0.3 is 14.9 Å². The molecule has 8 nitrogen and oxygen atoms in total. The van der Waals surface area contributed by atoms with Crippen molar-refractivity contribution in [3.8, 4) is 0 Å². The highest BCUT2D eigenvalue weighted by atomic mass is 16.3. The van der Waals surface area contributed by atoms with Crippen LogP contribution < -0.4 is 0 Å². The summed E-state index contributed by atoms with van der Waals surface area (Å²) < 4.78 is 1.63. The zero-order valence-corrected chi connectivity index (χ0v) is 14.5. The van der Waals surface area contributed by atoms with Crippen LogP contribution in [0.5, 0.6) is 0 Å². The molecule has 8 heteroatoms. The maximum atomic E-state index is 12.7. The zero-order valence-electron chi connectivity index (χ0n) is 14.5. The third-order valence-electron chi connectivity index (χ3n) is 5.02. The molecule has 0 saturated carbocycles. The second-order valence-corrected chi connectivity index (χ2v) is 6.69. The number of hydrogen-bond donors (Lipinski definition) is 1. The lowest BCUT2D eigenvalue weighted by Gasteiger charge is -2.38. The summed E-state index contributed by atoms with van der Waals surface area (Å²) in [5, 5.41) is 14.6. The van der Waals surface area contributed by atoms with Gasteiger partial charge in [-0.05, 0) is 6.92 Å². The summed E-state index contributed by atoms with van der Waals surface area (Å²) in [7, 11) is 1.79. The number of aliphatic hydroxyl groups excluding tert-OH is 1. The molecular weight excluding hydrogens is 310 g/mol. The molecule has 2 aliphatic heterocycles. The number of carbonyl (C=O) groups excluding carboxylic acids is 2. The van der Waals surface area contributed by atoms with E-state index in [0.29, 0.717) is 37.4 Å². The van der Waals surface area contributed by atoms with Crippen molar-refractivity contribution in [2.45, 2.75) is 26.0 Å². The van der Waals surface area contributed by atoms with E-state index in [1.807, 2.05) is 11.8 Å². The highest BCUT2D eigenvalue weighted by molar-refractivity contribution is 5.95. The van der Waals surface area contributed by atoms with Crippen molar-refractivity contribution in [1.29, 1.82) is 0 Å². The quantitative estimate of drug-likeness (QED) is 0.756. The first-order chi connectivity index (χ1) is 11.4. The summed E-state index contributed by atoms with van der Waals surface area (Å²) in [6, 6.07) is -0.0694. The summed E-state index contributed by atoms with van der Waals surface area (Å²) in [4.78, 5) is 29.8. The highest BCUT2D eigenvalue weighted by Gasteiger charge is 2.39. The van der Waals surface area contributed by atoms with Crippen molar-refractivity contribution >= 4 is 11.8 Å². The summed E-state index contributed by atoms with van der Waals surface area (Å²) in [5.74, 6) is 0.00926. The van der Waals surface area contributed by atoms with Crippen LogP contribution in [0.1, 0.15) is 23.0 Å². The van der Waals surface area contributed by atoms with E-state index >= 15 is 0 Å². The van der Waals surface area contributed by atoms with E-state index in [2.05, 4.69) is 10.00 Å². The van der Waals surface area contributed by atoms with Crippen molar-refractivity contribution in [3.63, 3.8) is 0 Å². The molecule has 132 valence electrons. The number of nitrogens with zero attached hydrogens (tertiary/aromatic N) is 5. The average Bonchev–Trinajstić information content (AvgIpc) is 3.09. The molecule has 0 spiro atoms. The van der Waals surface area contributed by atoms with Crippen LogP contribution in [-0.4, -0.2) is 92.8 Å². The van der Waals surface area contributed by atoms with Gasteiger partial charge in [0.25, 0.3) is 5.91 Å². The zero-order chi connectivity index (χ0) is 17.4. The van der Waals surface area contributed by atoms with E-state index in [1.165, 1.54) is 0 Å². The van der Waals surface area contributed by atoms with Crippen LogP contribution >= 0.6 is 0 Å². The largest absolute Gasteiger partial charge is 0.390 e. The predicted molar refractivity (Wildman–Crippen MR) is 87.5 cm³/mol. The van der Waals surface area contributed by atoms with Gasteiger partial charge in [0.1, 0.15) is 0 Å². The van der Waals surface area contributed by atoms with Gasteiger partial charge in [-0.3, -0.25) is 19.2 Å². The molecule has 0 radical (unpaired) electrons. The molecule has 3 heterocycles. The number of aliphatic hydroxyl groups is 1. The van der Waals surface area contributed by atoms with Crippen molar-refractivity contribution in [3.05, 3.63) is 17.5 Å². The minimum Gasteiger partial charge on any atom is -0.390 e. The molecule has 0 aliphatic carbocycles. The van der Waals surface area contributed by atoms with E-state index in [-0.39, 0.29) is 17.9 Å². The molecule has 1 aromatic heterocycles. The molecule has 24 heavy (non-hydrogen) atoms. The molecule has 2 amide bonds. The lowest BCUT2D eigenvalue weighted by molar-refractivity contribution is -0.131. The topological polar surface area (TPSA) is 81.9 Å². The molecule has 2 fully saturated rings. The summed E-state index contributed by atoms with van der Waals surface area (Å²) in [5.41, 5.74) is 1.29. The van der Waals surface area contributed by atoms with Crippen molar-refractivity contribution in [2.75, 3.05) is 39.3 Å². The molecule has 0 unspecified atom stereocenters. The summed E-state index contributed by atoms with van der Waals surface area (Å²) >= 11 is 0. The number of aryl methyl sites for hydroxylation is 2. The van der Waals surface area contributed by atoms with Gasteiger partial charge >= 0.3 is 0 Å². The van der Waals surface area contributed by atoms with Crippen LogP contribution in [0, 0.1) is 6.92 Å². The van der Waals surface area contributed by atoms with E-state index in [1.54, 1.807) is 29.7 Å². The van der Waals surface area contributed by atoms with E-state index < -0.39 is 6.10 Å². The van der Waals surface area contributed by atoms with Gasteiger partial charge in [0.15, 0.2) is 0 Å². The van der Waals surface area contributed by atoms with Gasteiger partial charge in [-0.15, -0.1) is 0 Å². The van der Waals surface area contributed by atoms with Gasteiger partial charge in [-0.25, -0.2) is 0 Å². The van der Waals surface area contributed by atoms with E-state index in [9.17, 15) is 14.7 Å². The Bertz CT molecular complexity index is 636. The molecule has 2 atom stereocenters. The third-order valence-corrected chi connectivity index (χ3v) is 5.02. The Morgan fingerprint density at radius 3 is 2.38 bits per heavy atom. The van der Waals surface area contributed by atoms with Crippen molar-refractivity contribution in [2.24, 2.45) is 7.05 Å². The number of piperazine rings is 1. The number of likely N-dealkylation sites (tertiary alicyclic amines) is 1. The second kappa shape index (κ2) is 6.52. The minimum atomic E-state index is -0.560. The maximum Gasteiger partial charge on any atom is 0.257 e. The monoisotopic (exact) mass is 335 g/mol. The fourth-order valence-electron chi connectivity index (χ4n) is 3.64. The Labute approximate surface area is 141 Å². The molecule has 2 saturated heterocycles. The van der Waals surface area contributed by atoms with Gasteiger partial charge in [0, 0.05) is 59.4 Å². The van der Waals surface area contributed by atoms with E-state index in [4.69, 9.17) is 0 Å². The first-order valence-corrected chi connectivity index (χ1v) is 8.34. The molecule has 1 N–H and O–H groups in total. The first-order valence-electron chi connectivity index (χ1n) is 8.34. The molecule has 1 aromatic rings. The van der Waals surface area contributed by atoms with Crippen LogP contribution in [0.25, 0.3) is 0 Å². The molecular formula is C16H25N5O3. The van der Waals surface area contributed by atoms with Crippen LogP contribution in [0.2, 0.25) is 0 Å². The smallest absolute Gasteiger partial charge is 0.257 e. The van der Waals surface area contributed by atoms with Crippen molar-refractivity contribution < 1.29 is 14.7 Å². The molecule has 0 bridgehead atoms. The fraction of sp³-hybridized carbons (Fsp3) is 0.688. The Morgan fingerprint density at radius 1 is 1.17 bits per heavy atom. The number of hydrogen-bond acceptors (Lipinski definition) is 5. The second-order valence-electron chi connectivity index (χ2n) is 6.69. The number of rotatable bonds is 2. The van der Waals surface area contributed by atoms with Crippen LogP contribution in [-0.2, 0) is 11.8 Å². The lowest BCUT2D eigenvalue weighted by Crippen LogP contribution is -2.54. The standard InChI is InChI=1S/C16H25N5O3/c1-11-13(8-18(3)17-11)16(24)21-9-14(15(23)10-21)20-6-4-19(5-7-20)12(2)22/h8,14-15,23H,4-7,9-10H2,1-3H3/t14-,15-/m1/s1. The Kier molecular flexibility index (Phi) is 4.60. The Balaban J connectivity index is 1.64. The third kappa shape index (κ3) is 3.16. The maximum absolute atomic E-state index is 12.7. The number of carbonyl (C=O) groups is 2. The normalized spacial score (nSPS) is 25.3. The predicted octanol–water partition coefficient (Wildman–Crippen LogP) is -0.922. The Morgan fingerprint density at radius 2 is 1.83 bits per heavy atom. The number of aromatic nitrogens is 2. The van der Waals surface area contributed by atoms with Gasteiger partial charge in [0.05, 0.1) is 23.4 Å². The van der Waals surface area contributed by atoms with Gasteiger partial charge in [0.2, 0.25) is 5.91 Å². The number of amides is 2. The van der Waals surface area contributed by atoms with Crippen LogP contribution in [0.3, 0.4) is 0 Å². The fourth-order valence-corrected chi connectivity index (χ4v) is 3.64. The summed E-state index contributed by atoms with van der Waals surface area (Å²) in [6.45, 7) is 7.06.